The van der Waals surface area contributed by atoms with Crippen molar-refractivity contribution in [2.24, 2.45) is 5.92 Å². The number of ketones is 1. The highest BCUT2D eigenvalue weighted by Crippen LogP contribution is 2.04. The highest BCUT2D eigenvalue weighted by Gasteiger charge is 2.11. The van der Waals surface area contributed by atoms with Crippen molar-refractivity contribution in [2.45, 2.75) is 40.0 Å². The predicted octanol–water partition coefficient (Wildman–Crippen LogP) is 1.83. The summed E-state index contributed by atoms with van der Waals surface area (Å²) in [5, 5.41) is 0. The number of hydrogen-bond donors (Lipinski definition) is 0. The Bertz CT molecular complexity index is 306. The normalized spacial score (nSPS) is 12.0. The summed E-state index contributed by atoms with van der Waals surface area (Å²) in [6.45, 7) is 6.34. The molecular weight excluding hydrogens is 240 g/mol. The van der Waals surface area contributed by atoms with Crippen LogP contribution in [0.25, 0.3) is 0 Å². The maximum absolute atomic E-state index is 11.6. The van der Waals surface area contributed by atoms with Crippen LogP contribution in [0.1, 0.15) is 40.0 Å². The Morgan fingerprint density at radius 1 is 1.18 bits per heavy atom. The van der Waals surface area contributed by atoms with Crippen LogP contribution in [0.2, 0.25) is 0 Å². The molecule has 0 aromatic heterocycles. The molecule has 5 heteroatoms. The molecule has 0 saturated heterocycles. The summed E-state index contributed by atoms with van der Waals surface area (Å²) in [5.41, 5.74) is 0. The van der Waals surface area contributed by atoms with Crippen LogP contribution in [0, 0.1) is 5.92 Å². The lowest BCUT2D eigenvalue weighted by atomic mass is 10.2. The third-order valence-electron chi connectivity index (χ3n) is 2.35. The van der Waals surface area contributed by atoms with Gasteiger partial charge in [0.1, 0.15) is 15.6 Å². The molecule has 0 aromatic carbocycles. The average Bonchev–Trinajstić information content (AvgIpc) is 2.20. The summed E-state index contributed by atoms with van der Waals surface area (Å²) < 4.78 is 28.3. The first-order valence-electron chi connectivity index (χ1n) is 6.11. The molecule has 0 fully saturated rings. The average molecular weight is 264 g/mol. The van der Waals surface area contributed by atoms with E-state index in [1.165, 1.54) is 6.92 Å². The number of carbonyl (C=O) groups excluding carboxylic acids is 1. The third-order valence-corrected chi connectivity index (χ3v) is 4.12. The molecule has 0 heterocycles. The minimum absolute atomic E-state index is 0.0922. The van der Waals surface area contributed by atoms with Crippen LogP contribution in [0.3, 0.4) is 0 Å². The van der Waals surface area contributed by atoms with Gasteiger partial charge in [0.05, 0.1) is 18.1 Å². The van der Waals surface area contributed by atoms with Crippen LogP contribution in [0.15, 0.2) is 0 Å². The molecule has 4 nitrogen and oxygen atoms in total. The van der Waals surface area contributed by atoms with Gasteiger partial charge in [-0.3, -0.25) is 4.79 Å². The number of Topliss-reactive ketones (excluding diaryl/α,β-unsaturated/α-hetero) is 1. The number of carbonyl (C=O) groups is 1. The van der Waals surface area contributed by atoms with E-state index in [-0.39, 0.29) is 17.3 Å². The van der Waals surface area contributed by atoms with Gasteiger partial charge in [-0.15, -0.1) is 0 Å². The quantitative estimate of drug-likeness (QED) is 0.565. The first-order valence-corrected chi connectivity index (χ1v) is 7.93. The highest BCUT2D eigenvalue weighted by molar-refractivity contribution is 7.91. The lowest BCUT2D eigenvalue weighted by Gasteiger charge is -2.06. The topological polar surface area (TPSA) is 60.4 Å². The Balaban J connectivity index is 3.56. The second kappa shape index (κ2) is 8.64. The van der Waals surface area contributed by atoms with Gasteiger partial charge in [-0.25, -0.2) is 8.42 Å². The van der Waals surface area contributed by atoms with E-state index in [1.54, 1.807) is 0 Å². The molecule has 102 valence electrons. The van der Waals surface area contributed by atoms with E-state index in [1.807, 2.05) is 13.8 Å². The SMILES string of the molecule is CC(=O)CCOCCCS(=O)(=O)CCC(C)C. The van der Waals surface area contributed by atoms with Crippen molar-refractivity contribution in [3.63, 3.8) is 0 Å². The maximum atomic E-state index is 11.6. The van der Waals surface area contributed by atoms with Crippen molar-refractivity contribution >= 4 is 15.6 Å². The molecule has 0 N–H and O–H groups in total. The summed E-state index contributed by atoms with van der Waals surface area (Å²) in [5.74, 6) is 0.948. The zero-order valence-electron chi connectivity index (χ0n) is 11.1. The van der Waals surface area contributed by atoms with Crippen LogP contribution in [-0.2, 0) is 19.4 Å². The molecule has 0 aliphatic rings. The minimum Gasteiger partial charge on any atom is -0.381 e. The van der Waals surface area contributed by atoms with Gasteiger partial charge in [-0.2, -0.15) is 0 Å². The zero-order valence-corrected chi connectivity index (χ0v) is 11.9. The fourth-order valence-corrected chi connectivity index (χ4v) is 2.81. The van der Waals surface area contributed by atoms with Gasteiger partial charge in [0, 0.05) is 13.0 Å². The van der Waals surface area contributed by atoms with E-state index in [2.05, 4.69) is 0 Å². The monoisotopic (exact) mass is 264 g/mol. The highest BCUT2D eigenvalue weighted by atomic mass is 32.2. The number of hydrogen-bond acceptors (Lipinski definition) is 4. The first kappa shape index (κ1) is 16.6. The van der Waals surface area contributed by atoms with Gasteiger partial charge >= 0.3 is 0 Å². The van der Waals surface area contributed by atoms with Gasteiger partial charge in [-0.05, 0) is 25.7 Å². The summed E-state index contributed by atoms with van der Waals surface area (Å²) >= 11 is 0. The molecule has 0 spiro atoms. The lowest BCUT2D eigenvalue weighted by molar-refractivity contribution is -0.118. The summed E-state index contributed by atoms with van der Waals surface area (Å²) in [6.07, 6.45) is 1.63. The molecule has 17 heavy (non-hydrogen) atoms. The molecule has 0 aromatic rings. The second-order valence-electron chi connectivity index (χ2n) is 4.75. The largest absolute Gasteiger partial charge is 0.381 e. The molecule has 0 unspecified atom stereocenters. The van der Waals surface area contributed by atoms with E-state index in [0.29, 0.717) is 38.4 Å². The van der Waals surface area contributed by atoms with Gasteiger partial charge in [-0.1, -0.05) is 13.8 Å². The first-order chi connectivity index (χ1) is 7.83. The molecule has 0 atom stereocenters. The number of ether oxygens (including phenoxy) is 1. The Hall–Kier alpha value is -0.420. The van der Waals surface area contributed by atoms with E-state index >= 15 is 0 Å². The van der Waals surface area contributed by atoms with Crippen LogP contribution >= 0.6 is 0 Å². The van der Waals surface area contributed by atoms with Crippen molar-refractivity contribution in [1.29, 1.82) is 0 Å². The van der Waals surface area contributed by atoms with Crippen LogP contribution < -0.4 is 0 Å². The Kier molecular flexibility index (Phi) is 8.43. The zero-order chi connectivity index (χ0) is 13.3. The fourth-order valence-electron chi connectivity index (χ4n) is 1.22. The van der Waals surface area contributed by atoms with Crippen molar-refractivity contribution in [1.82, 2.24) is 0 Å². The molecule has 0 aliphatic heterocycles. The third kappa shape index (κ3) is 11.8. The van der Waals surface area contributed by atoms with Gasteiger partial charge in [0.15, 0.2) is 0 Å². The van der Waals surface area contributed by atoms with Crippen molar-refractivity contribution in [2.75, 3.05) is 24.7 Å². The molecule has 0 saturated carbocycles. The van der Waals surface area contributed by atoms with E-state index in [0.717, 1.165) is 0 Å². The van der Waals surface area contributed by atoms with Crippen molar-refractivity contribution in [3.05, 3.63) is 0 Å². The van der Waals surface area contributed by atoms with Gasteiger partial charge < -0.3 is 4.74 Å². The molecule has 0 amide bonds. The molecule has 0 bridgehead atoms. The Labute approximate surface area is 105 Å². The smallest absolute Gasteiger partial charge is 0.150 e. The van der Waals surface area contributed by atoms with Crippen LogP contribution in [0.4, 0.5) is 0 Å². The van der Waals surface area contributed by atoms with Crippen molar-refractivity contribution in [3.8, 4) is 0 Å². The number of rotatable bonds is 10. The molecule has 0 aliphatic carbocycles. The minimum atomic E-state index is -2.93. The second-order valence-corrected chi connectivity index (χ2v) is 7.06. The molecule has 0 rings (SSSR count). The Morgan fingerprint density at radius 2 is 1.82 bits per heavy atom. The van der Waals surface area contributed by atoms with Gasteiger partial charge in [0.2, 0.25) is 0 Å². The standard InChI is InChI=1S/C12H24O4S/c1-11(2)6-10-17(14,15)9-4-7-16-8-5-12(3)13/h11H,4-10H2,1-3H3. The Morgan fingerprint density at radius 3 is 2.35 bits per heavy atom. The van der Waals surface area contributed by atoms with E-state index in [4.69, 9.17) is 4.74 Å². The predicted molar refractivity (Wildman–Crippen MR) is 68.8 cm³/mol. The fraction of sp³-hybridized carbons (Fsp3) is 0.917. The van der Waals surface area contributed by atoms with Crippen molar-refractivity contribution < 1.29 is 17.9 Å². The molecular formula is C12H24O4S. The lowest BCUT2D eigenvalue weighted by Crippen LogP contribution is -2.14. The van der Waals surface area contributed by atoms with Crippen LogP contribution in [-0.4, -0.2) is 38.9 Å². The van der Waals surface area contributed by atoms with Gasteiger partial charge in [0.25, 0.3) is 0 Å². The maximum Gasteiger partial charge on any atom is 0.150 e. The summed E-state index contributed by atoms with van der Waals surface area (Å²) in [6, 6.07) is 0. The molecule has 0 radical (unpaired) electrons. The number of sulfone groups is 1. The summed E-state index contributed by atoms with van der Waals surface area (Å²) in [4.78, 5) is 10.6. The van der Waals surface area contributed by atoms with E-state index in [9.17, 15) is 13.2 Å². The summed E-state index contributed by atoms with van der Waals surface area (Å²) in [7, 11) is -2.93. The van der Waals surface area contributed by atoms with Crippen LogP contribution in [0.5, 0.6) is 0 Å². The van der Waals surface area contributed by atoms with E-state index < -0.39 is 9.84 Å².